The predicted molar refractivity (Wildman–Crippen MR) is 106 cm³/mol. The number of benzene rings is 3. The van der Waals surface area contributed by atoms with Crippen molar-refractivity contribution in [2.24, 2.45) is 10.2 Å². The van der Waals surface area contributed by atoms with Crippen molar-refractivity contribution in [2.45, 2.75) is 19.8 Å². The van der Waals surface area contributed by atoms with E-state index < -0.39 is 0 Å². The van der Waals surface area contributed by atoms with Crippen LogP contribution in [0.2, 0.25) is 0 Å². The van der Waals surface area contributed by atoms with Gasteiger partial charge in [-0.15, -0.1) is 5.10 Å². The largest absolute Gasteiger partial charge is 0.158 e. The first-order valence-corrected chi connectivity index (χ1v) is 8.64. The van der Waals surface area contributed by atoms with Crippen LogP contribution in [-0.2, 0) is 0 Å². The smallest absolute Gasteiger partial charge is 0.101 e. The van der Waals surface area contributed by atoms with Crippen LogP contribution in [0.1, 0.15) is 42.0 Å². The summed E-state index contributed by atoms with van der Waals surface area (Å²) in [4.78, 5) is 0. The molecule has 0 unspecified atom stereocenters. The molecule has 0 fully saturated rings. The molecule has 2 nitrogen and oxygen atoms in total. The van der Waals surface area contributed by atoms with Crippen LogP contribution in [0.15, 0.2) is 83.0 Å². The third kappa shape index (κ3) is 2.91. The summed E-state index contributed by atoms with van der Waals surface area (Å²) in [6.07, 6.45) is 1.82. The van der Waals surface area contributed by atoms with Gasteiger partial charge in [0.1, 0.15) is 5.71 Å². The molecule has 122 valence electrons. The fraction of sp³-hybridized carbons (Fsp3) is 0.130. The molecule has 2 heteroatoms. The van der Waals surface area contributed by atoms with Crippen molar-refractivity contribution in [1.82, 2.24) is 0 Å². The average Bonchev–Trinajstić information content (AvgIpc) is 2.97. The Balaban J connectivity index is 1.67. The minimum Gasteiger partial charge on any atom is -0.158 e. The Morgan fingerprint density at radius 1 is 0.680 bits per heavy atom. The molecule has 0 bridgehead atoms. The van der Waals surface area contributed by atoms with Gasteiger partial charge in [-0.05, 0) is 28.2 Å². The van der Waals surface area contributed by atoms with E-state index in [2.05, 4.69) is 96.8 Å². The Morgan fingerprint density at radius 2 is 1.20 bits per heavy atom. The molecule has 0 radical (unpaired) electrons. The number of hydrogen-bond acceptors (Lipinski definition) is 2. The van der Waals surface area contributed by atoms with E-state index in [0.717, 1.165) is 22.4 Å². The quantitative estimate of drug-likeness (QED) is 0.343. The molecule has 1 aliphatic rings. The van der Waals surface area contributed by atoms with E-state index in [1.165, 1.54) is 16.7 Å². The van der Waals surface area contributed by atoms with Gasteiger partial charge in [-0.2, -0.15) is 5.10 Å². The molecular formula is C23H20N2. The number of hydrogen-bond donors (Lipinski definition) is 0. The number of rotatable bonds is 3. The maximum atomic E-state index is 4.54. The lowest BCUT2D eigenvalue weighted by Crippen LogP contribution is -1.97. The molecule has 0 atom stereocenters. The van der Waals surface area contributed by atoms with Crippen molar-refractivity contribution < 1.29 is 0 Å². The fourth-order valence-corrected chi connectivity index (χ4v) is 3.22. The Labute approximate surface area is 148 Å². The van der Waals surface area contributed by atoms with Crippen molar-refractivity contribution in [3.8, 4) is 11.1 Å². The molecule has 0 aromatic heterocycles. The average molecular weight is 324 g/mol. The zero-order valence-corrected chi connectivity index (χ0v) is 14.5. The van der Waals surface area contributed by atoms with Crippen molar-refractivity contribution >= 4 is 11.9 Å². The SMILES string of the molecule is CC(C)c1ccc(C=NN=C2c3ccccc3-c3ccccc32)cc1. The van der Waals surface area contributed by atoms with Crippen molar-refractivity contribution in [1.29, 1.82) is 0 Å². The lowest BCUT2D eigenvalue weighted by molar-refractivity contribution is 0.866. The molecule has 0 spiro atoms. The van der Waals surface area contributed by atoms with Crippen LogP contribution in [-0.4, -0.2) is 11.9 Å². The molecule has 0 N–H and O–H groups in total. The normalized spacial score (nSPS) is 12.5. The summed E-state index contributed by atoms with van der Waals surface area (Å²) < 4.78 is 0. The Bertz CT molecular complexity index is 916. The highest BCUT2D eigenvalue weighted by Gasteiger charge is 2.23. The summed E-state index contributed by atoms with van der Waals surface area (Å²) in [7, 11) is 0. The molecule has 25 heavy (non-hydrogen) atoms. The molecule has 0 heterocycles. The summed E-state index contributed by atoms with van der Waals surface area (Å²) in [5.74, 6) is 0.540. The van der Waals surface area contributed by atoms with Crippen molar-refractivity contribution in [3.05, 3.63) is 95.1 Å². The van der Waals surface area contributed by atoms with E-state index >= 15 is 0 Å². The van der Waals surface area contributed by atoms with E-state index in [1.807, 2.05) is 6.21 Å². The van der Waals surface area contributed by atoms with Crippen LogP contribution >= 0.6 is 0 Å². The van der Waals surface area contributed by atoms with Crippen LogP contribution in [0.5, 0.6) is 0 Å². The number of nitrogens with zero attached hydrogens (tertiary/aromatic N) is 2. The van der Waals surface area contributed by atoms with E-state index in [4.69, 9.17) is 0 Å². The van der Waals surface area contributed by atoms with Crippen LogP contribution in [0.4, 0.5) is 0 Å². The second-order valence-corrected chi connectivity index (χ2v) is 6.61. The summed E-state index contributed by atoms with van der Waals surface area (Å²) >= 11 is 0. The van der Waals surface area contributed by atoms with Gasteiger partial charge in [-0.1, -0.05) is 86.6 Å². The van der Waals surface area contributed by atoms with Gasteiger partial charge in [0.25, 0.3) is 0 Å². The van der Waals surface area contributed by atoms with Gasteiger partial charge >= 0.3 is 0 Å². The predicted octanol–water partition coefficient (Wildman–Crippen LogP) is 5.66. The molecule has 0 saturated carbocycles. The van der Waals surface area contributed by atoms with E-state index in [-0.39, 0.29) is 0 Å². The van der Waals surface area contributed by atoms with E-state index in [9.17, 15) is 0 Å². The lowest BCUT2D eigenvalue weighted by atomic mass is 10.0. The minimum atomic E-state index is 0.540. The molecule has 3 aromatic rings. The lowest BCUT2D eigenvalue weighted by Gasteiger charge is -2.04. The molecule has 0 aliphatic heterocycles. The zero-order chi connectivity index (χ0) is 17.2. The molecule has 0 amide bonds. The van der Waals surface area contributed by atoms with Gasteiger partial charge in [-0.3, -0.25) is 0 Å². The maximum absolute atomic E-state index is 4.54. The molecular weight excluding hydrogens is 304 g/mol. The van der Waals surface area contributed by atoms with Crippen molar-refractivity contribution in [2.75, 3.05) is 0 Å². The second kappa shape index (κ2) is 6.48. The van der Waals surface area contributed by atoms with Gasteiger partial charge < -0.3 is 0 Å². The topological polar surface area (TPSA) is 24.7 Å². The van der Waals surface area contributed by atoms with Crippen LogP contribution in [0.25, 0.3) is 11.1 Å². The molecule has 1 aliphatic carbocycles. The summed E-state index contributed by atoms with van der Waals surface area (Å²) in [5, 5.41) is 8.90. The first kappa shape index (κ1) is 15.5. The highest BCUT2D eigenvalue weighted by molar-refractivity contribution is 6.24. The Kier molecular flexibility index (Phi) is 4.02. The van der Waals surface area contributed by atoms with Crippen LogP contribution in [0.3, 0.4) is 0 Å². The molecule has 3 aromatic carbocycles. The van der Waals surface area contributed by atoms with Gasteiger partial charge in [0.05, 0.1) is 6.21 Å². The fourth-order valence-electron chi connectivity index (χ4n) is 3.22. The van der Waals surface area contributed by atoms with Crippen LogP contribution in [0, 0.1) is 0 Å². The maximum Gasteiger partial charge on any atom is 0.101 e. The van der Waals surface area contributed by atoms with Gasteiger partial charge in [0.15, 0.2) is 0 Å². The highest BCUT2D eigenvalue weighted by Crippen LogP contribution is 2.36. The van der Waals surface area contributed by atoms with E-state index in [0.29, 0.717) is 5.92 Å². The second-order valence-electron chi connectivity index (χ2n) is 6.61. The molecule has 0 saturated heterocycles. The number of fused-ring (bicyclic) bond motifs is 3. The third-order valence-electron chi connectivity index (χ3n) is 4.62. The summed E-state index contributed by atoms with van der Waals surface area (Å²) in [5.41, 5.74) is 8.10. The zero-order valence-electron chi connectivity index (χ0n) is 14.5. The standard InChI is InChI=1S/C23H20N2/c1-16(2)18-13-11-17(12-14-18)15-24-25-23-21-9-5-3-7-19(21)20-8-4-6-10-22(20)23/h3-16H,1-2H3. The van der Waals surface area contributed by atoms with Crippen LogP contribution < -0.4 is 0 Å². The Hall–Kier alpha value is -3.00. The van der Waals surface area contributed by atoms with E-state index in [1.54, 1.807) is 0 Å². The first-order valence-electron chi connectivity index (χ1n) is 8.64. The summed E-state index contributed by atoms with van der Waals surface area (Å²) in [6, 6.07) is 25.2. The first-order chi connectivity index (χ1) is 12.2. The highest BCUT2D eigenvalue weighted by atomic mass is 15.2. The summed E-state index contributed by atoms with van der Waals surface area (Å²) in [6.45, 7) is 4.40. The van der Waals surface area contributed by atoms with Gasteiger partial charge in [-0.25, -0.2) is 0 Å². The Morgan fingerprint density at radius 3 is 1.72 bits per heavy atom. The third-order valence-corrected chi connectivity index (χ3v) is 4.62. The van der Waals surface area contributed by atoms with Gasteiger partial charge in [0, 0.05) is 11.1 Å². The molecule has 4 rings (SSSR count). The van der Waals surface area contributed by atoms with Gasteiger partial charge in [0.2, 0.25) is 0 Å². The minimum absolute atomic E-state index is 0.540. The van der Waals surface area contributed by atoms with Crippen molar-refractivity contribution in [3.63, 3.8) is 0 Å². The monoisotopic (exact) mass is 324 g/mol.